The molecule has 0 unspecified atom stereocenters. The number of ketones is 1. The summed E-state index contributed by atoms with van der Waals surface area (Å²) in [6.07, 6.45) is 6.43. The normalized spacial score (nSPS) is 18.1. The summed E-state index contributed by atoms with van der Waals surface area (Å²) in [6.45, 7) is 0. The van der Waals surface area contributed by atoms with Crippen LogP contribution in [0.2, 0.25) is 0 Å². The van der Waals surface area contributed by atoms with Crippen LogP contribution in [0.1, 0.15) is 45.5 Å². The number of rotatable bonds is 0. The van der Waals surface area contributed by atoms with Crippen molar-refractivity contribution in [1.82, 2.24) is 0 Å². The summed E-state index contributed by atoms with van der Waals surface area (Å²) in [5.74, 6) is 0.126. The van der Waals surface area contributed by atoms with Gasteiger partial charge in [-0.2, -0.15) is 0 Å². The third-order valence-corrected chi connectivity index (χ3v) is 6.38. The van der Waals surface area contributed by atoms with E-state index in [9.17, 15) is 4.79 Å². The Balaban J connectivity index is 1.85. The van der Waals surface area contributed by atoms with Gasteiger partial charge in [0.1, 0.15) is 0 Å². The Morgan fingerprint density at radius 3 is 2.07 bits per heavy atom. The van der Waals surface area contributed by atoms with Crippen LogP contribution in [0.15, 0.2) is 96.2 Å². The SMILES string of the molecule is O=C1c2ccccc2C2(C3=C(C=CCC3)Nc3ccccc32)c2ccccc21. The van der Waals surface area contributed by atoms with Crippen molar-refractivity contribution in [2.24, 2.45) is 0 Å². The van der Waals surface area contributed by atoms with Gasteiger partial charge in [0.25, 0.3) is 0 Å². The van der Waals surface area contributed by atoms with Crippen molar-refractivity contribution in [3.63, 3.8) is 0 Å². The van der Waals surface area contributed by atoms with Crippen molar-refractivity contribution < 1.29 is 4.79 Å². The van der Waals surface area contributed by atoms with Gasteiger partial charge in [0.05, 0.1) is 5.41 Å². The average molecular weight is 361 g/mol. The van der Waals surface area contributed by atoms with Gasteiger partial charge in [0, 0.05) is 22.5 Å². The zero-order valence-electron chi connectivity index (χ0n) is 15.4. The summed E-state index contributed by atoms with van der Waals surface area (Å²) in [5, 5.41) is 3.65. The highest BCUT2D eigenvalue weighted by molar-refractivity contribution is 6.14. The topological polar surface area (TPSA) is 29.1 Å². The highest BCUT2D eigenvalue weighted by Crippen LogP contribution is 2.57. The van der Waals surface area contributed by atoms with Gasteiger partial charge in [-0.15, -0.1) is 0 Å². The van der Waals surface area contributed by atoms with Gasteiger partial charge < -0.3 is 5.32 Å². The summed E-state index contributed by atoms with van der Waals surface area (Å²) in [5.41, 5.74) is 8.31. The molecule has 3 aromatic rings. The molecule has 1 heterocycles. The lowest BCUT2D eigenvalue weighted by Crippen LogP contribution is -2.42. The summed E-state index contributed by atoms with van der Waals surface area (Å²) < 4.78 is 0. The number of nitrogens with one attached hydrogen (secondary N) is 1. The van der Waals surface area contributed by atoms with Crippen molar-refractivity contribution >= 4 is 11.5 Å². The third kappa shape index (κ3) is 1.80. The minimum atomic E-state index is -0.428. The molecule has 0 atom stereocenters. The number of carbonyl (C=O) groups is 1. The first-order chi connectivity index (χ1) is 13.8. The number of hydrogen-bond donors (Lipinski definition) is 1. The molecule has 0 bridgehead atoms. The maximum absolute atomic E-state index is 13.4. The number of allylic oxidation sites excluding steroid dienone is 3. The molecule has 28 heavy (non-hydrogen) atoms. The fraction of sp³-hybridized carbons (Fsp3) is 0.115. The number of carbonyl (C=O) groups excluding carboxylic acids is 1. The molecule has 3 aromatic carbocycles. The van der Waals surface area contributed by atoms with Crippen molar-refractivity contribution in [2.75, 3.05) is 5.32 Å². The Hall–Kier alpha value is -3.39. The second-order valence-corrected chi connectivity index (χ2v) is 7.67. The van der Waals surface area contributed by atoms with Crippen molar-refractivity contribution in [3.05, 3.63) is 124 Å². The van der Waals surface area contributed by atoms with Crippen LogP contribution in [0, 0.1) is 0 Å². The molecule has 0 aromatic heterocycles. The van der Waals surface area contributed by atoms with Crippen molar-refractivity contribution in [2.45, 2.75) is 18.3 Å². The smallest absolute Gasteiger partial charge is 0.193 e. The first kappa shape index (κ1) is 15.6. The van der Waals surface area contributed by atoms with E-state index >= 15 is 0 Å². The van der Waals surface area contributed by atoms with Crippen LogP contribution >= 0.6 is 0 Å². The predicted molar refractivity (Wildman–Crippen MR) is 112 cm³/mol. The second-order valence-electron chi connectivity index (χ2n) is 7.67. The van der Waals surface area contributed by atoms with E-state index in [-0.39, 0.29) is 5.78 Å². The molecule has 1 spiro atoms. The minimum absolute atomic E-state index is 0.126. The van der Waals surface area contributed by atoms with E-state index in [1.807, 2.05) is 24.3 Å². The van der Waals surface area contributed by atoms with Crippen LogP contribution in [-0.4, -0.2) is 5.78 Å². The van der Waals surface area contributed by atoms with E-state index in [1.54, 1.807) is 0 Å². The van der Waals surface area contributed by atoms with E-state index in [0.717, 1.165) is 40.8 Å². The van der Waals surface area contributed by atoms with Crippen LogP contribution in [0.5, 0.6) is 0 Å². The number of para-hydroxylation sites is 1. The molecule has 1 aliphatic heterocycles. The first-order valence-electron chi connectivity index (χ1n) is 9.82. The Kier molecular flexibility index (Phi) is 3.10. The number of fused-ring (bicyclic) bond motifs is 7. The molecule has 0 radical (unpaired) electrons. The lowest BCUT2D eigenvalue weighted by molar-refractivity contribution is 0.103. The van der Waals surface area contributed by atoms with Gasteiger partial charge in [-0.05, 0) is 47.2 Å². The zero-order valence-corrected chi connectivity index (χ0v) is 15.4. The molecular formula is C26H19NO. The summed E-state index contributed by atoms with van der Waals surface area (Å²) in [6, 6.07) is 24.9. The lowest BCUT2D eigenvalue weighted by Gasteiger charge is -2.47. The largest absolute Gasteiger partial charge is 0.355 e. The van der Waals surface area contributed by atoms with Gasteiger partial charge in [0.15, 0.2) is 5.78 Å². The lowest BCUT2D eigenvalue weighted by atomic mass is 9.56. The van der Waals surface area contributed by atoms with E-state index in [0.29, 0.717) is 0 Å². The van der Waals surface area contributed by atoms with E-state index < -0.39 is 5.41 Å². The highest BCUT2D eigenvalue weighted by Gasteiger charge is 2.50. The zero-order chi connectivity index (χ0) is 18.7. The fourth-order valence-corrected chi connectivity index (χ4v) is 5.32. The van der Waals surface area contributed by atoms with Crippen molar-refractivity contribution in [1.29, 1.82) is 0 Å². The molecule has 0 saturated heterocycles. The summed E-state index contributed by atoms with van der Waals surface area (Å²) in [7, 11) is 0. The van der Waals surface area contributed by atoms with Gasteiger partial charge in [-0.1, -0.05) is 72.8 Å². The molecule has 0 amide bonds. The number of anilines is 1. The van der Waals surface area contributed by atoms with Crippen LogP contribution < -0.4 is 5.32 Å². The Labute approximate surface area is 164 Å². The standard InChI is InChI=1S/C26H19NO/c28-25-17-9-1-3-11-19(17)26(20-12-4-2-10-18(20)25)21-13-5-7-15-23(21)27-24-16-8-6-14-22(24)26/h1-5,7-13,15-16,27H,6,14H2. The van der Waals surface area contributed by atoms with E-state index in [4.69, 9.17) is 0 Å². The third-order valence-electron chi connectivity index (χ3n) is 6.38. The maximum atomic E-state index is 13.4. The Morgan fingerprint density at radius 1 is 0.750 bits per heavy atom. The predicted octanol–water partition coefficient (Wildman–Crippen LogP) is 5.60. The molecule has 2 aliphatic carbocycles. The summed E-state index contributed by atoms with van der Waals surface area (Å²) >= 11 is 0. The van der Waals surface area contributed by atoms with Crippen LogP contribution in [0.3, 0.4) is 0 Å². The maximum Gasteiger partial charge on any atom is 0.193 e. The number of hydrogen-bond acceptors (Lipinski definition) is 2. The van der Waals surface area contributed by atoms with Crippen LogP contribution in [-0.2, 0) is 5.41 Å². The van der Waals surface area contributed by atoms with Gasteiger partial charge in [0.2, 0.25) is 0 Å². The van der Waals surface area contributed by atoms with Crippen LogP contribution in [0.4, 0.5) is 5.69 Å². The molecule has 6 rings (SSSR count). The van der Waals surface area contributed by atoms with E-state index in [2.05, 4.69) is 66.0 Å². The molecule has 1 N–H and O–H groups in total. The quantitative estimate of drug-likeness (QED) is 0.565. The van der Waals surface area contributed by atoms with Gasteiger partial charge in [-0.25, -0.2) is 0 Å². The van der Waals surface area contributed by atoms with Crippen molar-refractivity contribution in [3.8, 4) is 0 Å². The molecule has 3 aliphatic rings. The highest BCUT2D eigenvalue weighted by atomic mass is 16.1. The van der Waals surface area contributed by atoms with Gasteiger partial charge >= 0.3 is 0 Å². The average Bonchev–Trinajstić information content (AvgIpc) is 2.77. The Morgan fingerprint density at radius 2 is 1.36 bits per heavy atom. The molecule has 2 heteroatoms. The molecule has 2 nitrogen and oxygen atoms in total. The Bertz CT molecular complexity index is 1160. The molecule has 0 saturated carbocycles. The molecule has 134 valence electrons. The van der Waals surface area contributed by atoms with Crippen LogP contribution in [0.25, 0.3) is 0 Å². The fourth-order valence-electron chi connectivity index (χ4n) is 5.32. The minimum Gasteiger partial charge on any atom is -0.355 e. The number of benzene rings is 3. The monoisotopic (exact) mass is 361 g/mol. The second kappa shape index (κ2) is 5.56. The van der Waals surface area contributed by atoms with Gasteiger partial charge in [-0.3, -0.25) is 4.79 Å². The first-order valence-corrected chi connectivity index (χ1v) is 9.82. The van der Waals surface area contributed by atoms with E-state index in [1.165, 1.54) is 16.8 Å². The molecule has 0 fully saturated rings. The summed E-state index contributed by atoms with van der Waals surface area (Å²) in [4.78, 5) is 13.4. The molecular weight excluding hydrogens is 342 g/mol.